The summed E-state index contributed by atoms with van der Waals surface area (Å²) in [7, 11) is -3.55. The van der Waals surface area contributed by atoms with Gasteiger partial charge in [0.15, 0.2) is 0 Å². The lowest BCUT2D eigenvalue weighted by Gasteiger charge is -2.09. The van der Waals surface area contributed by atoms with E-state index >= 15 is 0 Å². The van der Waals surface area contributed by atoms with E-state index in [4.69, 9.17) is 5.26 Å². The van der Waals surface area contributed by atoms with Crippen molar-refractivity contribution in [2.24, 2.45) is 0 Å². The first-order valence-corrected chi connectivity index (χ1v) is 9.04. The molecule has 0 aliphatic heterocycles. The van der Waals surface area contributed by atoms with Gasteiger partial charge >= 0.3 is 0 Å². The van der Waals surface area contributed by atoms with Crippen molar-refractivity contribution < 1.29 is 8.42 Å². The van der Waals surface area contributed by atoms with Crippen LogP contribution in [0.3, 0.4) is 0 Å². The highest BCUT2D eigenvalue weighted by Crippen LogP contribution is 2.19. The minimum Gasteiger partial charge on any atom is -0.283 e. The van der Waals surface area contributed by atoms with Crippen molar-refractivity contribution in [3.8, 4) is 6.07 Å². The SMILES string of the molecule is CSc1ccc(NS(=O)(=O)Cc2ccccc2C#N)cc1. The van der Waals surface area contributed by atoms with E-state index in [-0.39, 0.29) is 5.75 Å². The molecule has 0 aromatic heterocycles. The quantitative estimate of drug-likeness (QED) is 0.859. The topological polar surface area (TPSA) is 70.0 Å². The van der Waals surface area contributed by atoms with Gasteiger partial charge < -0.3 is 0 Å². The van der Waals surface area contributed by atoms with Gasteiger partial charge in [-0.15, -0.1) is 11.8 Å². The van der Waals surface area contributed by atoms with Gasteiger partial charge in [-0.05, 0) is 42.2 Å². The van der Waals surface area contributed by atoms with Crippen LogP contribution >= 0.6 is 11.8 Å². The Kier molecular flexibility index (Phi) is 4.89. The molecular formula is C15H14N2O2S2. The Balaban J connectivity index is 2.17. The highest BCUT2D eigenvalue weighted by atomic mass is 32.2. The van der Waals surface area contributed by atoms with Crippen molar-refractivity contribution in [1.82, 2.24) is 0 Å². The molecule has 0 saturated carbocycles. The number of nitrogens with zero attached hydrogens (tertiary/aromatic N) is 1. The van der Waals surface area contributed by atoms with Crippen LogP contribution in [0.15, 0.2) is 53.4 Å². The summed E-state index contributed by atoms with van der Waals surface area (Å²) >= 11 is 1.59. The second kappa shape index (κ2) is 6.66. The summed E-state index contributed by atoms with van der Waals surface area (Å²) in [5.74, 6) is -0.221. The Bertz CT molecular complexity index is 763. The molecule has 0 unspecified atom stereocenters. The lowest BCUT2D eigenvalue weighted by Crippen LogP contribution is -2.15. The van der Waals surface area contributed by atoms with Gasteiger partial charge in [0.2, 0.25) is 10.0 Å². The average molecular weight is 318 g/mol. The molecule has 0 amide bonds. The molecular weight excluding hydrogens is 304 g/mol. The zero-order chi connectivity index (χ0) is 15.3. The summed E-state index contributed by atoms with van der Waals surface area (Å²) in [6.45, 7) is 0. The average Bonchev–Trinajstić information content (AvgIpc) is 2.47. The number of nitriles is 1. The van der Waals surface area contributed by atoms with E-state index in [9.17, 15) is 8.42 Å². The fourth-order valence-corrected chi connectivity index (χ4v) is 3.47. The number of benzene rings is 2. The van der Waals surface area contributed by atoms with Crippen LogP contribution in [0.25, 0.3) is 0 Å². The van der Waals surface area contributed by atoms with Gasteiger partial charge in [-0.3, -0.25) is 4.72 Å². The first kappa shape index (κ1) is 15.4. The first-order chi connectivity index (χ1) is 10.0. The predicted octanol–water partition coefficient (Wildman–Crippen LogP) is 3.22. The number of sulfonamides is 1. The summed E-state index contributed by atoms with van der Waals surface area (Å²) in [5.41, 5.74) is 1.39. The number of nitrogens with one attached hydrogen (secondary N) is 1. The van der Waals surface area contributed by atoms with Gasteiger partial charge in [0.1, 0.15) is 0 Å². The van der Waals surface area contributed by atoms with Gasteiger partial charge in [0.05, 0.1) is 17.4 Å². The number of hydrogen-bond acceptors (Lipinski definition) is 4. The summed E-state index contributed by atoms with van der Waals surface area (Å²) in [4.78, 5) is 1.06. The van der Waals surface area contributed by atoms with Crippen LogP contribution in [0.2, 0.25) is 0 Å². The third-order valence-electron chi connectivity index (χ3n) is 2.85. The Morgan fingerprint density at radius 2 is 1.81 bits per heavy atom. The second-order valence-electron chi connectivity index (χ2n) is 4.36. The van der Waals surface area contributed by atoms with E-state index in [1.807, 2.05) is 24.5 Å². The van der Waals surface area contributed by atoms with Crippen molar-refractivity contribution in [3.05, 3.63) is 59.7 Å². The smallest absolute Gasteiger partial charge is 0.236 e. The van der Waals surface area contributed by atoms with Crippen molar-refractivity contribution in [3.63, 3.8) is 0 Å². The molecule has 4 nitrogen and oxygen atoms in total. The van der Waals surface area contributed by atoms with Gasteiger partial charge in [0.25, 0.3) is 0 Å². The zero-order valence-electron chi connectivity index (χ0n) is 11.4. The van der Waals surface area contributed by atoms with Crippen LogP contribution in [0.5, 0.6) is 0 Å². The van der Waals surface area contributed by atoms with Gasteiger partial charge in [-0.1, -0.05) is 18.2 Å². The monoisotopic (exact) mass is 318 g/mol. The molecule has 21 heavy (non-hydrogen) atoms. The lowest BCUT2D eigenvalue weighted by molar-refractivity contribution is 0.600. The maximum absolute atomic E-state index is 12.2. The summed E-state index contributed by atoms with van der Waals surface area (Å²) < 4.78 is 26.9. The van der Waals surface area contributed by atoms with Crippen molar-refractivity contribution >= 4 is 27.5 Å². The van der Waals surface area contributed by atoms with Gasteiger partial charge in [-0.25, -0.2) is 8.42 Å². The highest BCUT2D eigenvalue weighted by molar-refractivity contribution is 7.98. The van der Waals surface area contributed by atoms with E-state index in [0.29, 0.717) is 16.8 Å². The third kappa shape index (κ3) is 4.25. The molecule has 0 aliphatic rings. The highest BCUT2D eigenvalue weighted by Gasteiger charge is 2.14. The molecule has 1 N–H and O–H groups in total. The Morgan fingerprint density at radius 1 is 1.14 bits per heavy atom. The molecule has 2 rings (SSSR count). The maximum atomic E-state index is 12.2. The van der Waals surface area contributed by atoms with Gasteiger partial charge in [-0.2, -0.15) is 5.26 Å². The van der Waals surface area contributed by atoms with E-state index < -0.39 is 10.0 Å². The molecule has 0 heterocycles. The van der Waals surface area contributed by atoms with Crippen LogP contribution in [0.1, 0.15) is 11.1 Å². The molecule has 0 saturated heterocycles. The normalized spacial score (nSPS) is 10.9. The Morgan fingerprint density at radius 3 is 2.43 bits per heavy atom. The van der Waals surface area contributed by atoms with Crippen LogP contribution in [0, 0.1) is 11.3 Å². The van der Waals surface area contributed by atoms with E-state index in [1.54, 1.807) is 48.2 Å². The molecule has 2 aromatic rings. The van der Waals surface area contributed by atoms with Crippen molar-refractivity contribution in [1.29, 1.82) is 5.26 Å². The zero-order valence-corrected chi connectivity index (χ0v) is 13.0. The minimum absolute atomic E-state index is 0.221. The largest absolute Gasteiger partial charge is 0.283 e. The molecule has 0 bridgehead atoms. The second-order valence-corrected chi connectivity index (χ2v) is 6.96. The molecule has 0 aliphatic carbocycles. The van der Waals surface area contributed by atoms with Crippen LogP contribution < -0.4 is 4.72 Å². The lowest BCUT2D eigenvalue weighted by atomic mass is 10.1. The van der Waals surface area contributed by atoms with Crippen LogP contribution in [-0.2, 0) is 15.8 Å². The molecule has 0 radical (unpaired) electrons. The molecule has 6 heteroatoms. The number of hydrogen-bond donors (Lipinski definition) is 1. The van der Waals surface area contributed by atoms with E-state index in [2.05, 4.69) is 4.72 Å². The van der Waals surface area contributed by atoms with Crippen LogP contribution in [0.4, 0.5) is 5.69 Å². The summed E-state index contributed by atoms with van der Waals surface area (Å²) in [6, 6.07) is 15.8. The minimum atomic E-state index is -3.55. The fraction of sp³-hybridized carbons (Fsp3) is 0.133. The summed E-state index contributed by atoms with van der Waals surface area (Å²) in [5, 5.41) is 9.00. The molecule has 0 atom stereocenters. The fourth-order valence-electron chi connectivity index (χ4n) is 1.83. The van der Waals surface area contributed by atoms with E-state index in [0.717, 1.165) is 4.90 Å². The Labute approximate surface area is 128 Å². The Hall–Kier alpha value is -1.97. The standard InChI is InChI=1S/C15H14N2O2S2/c1-20-15-8-6-14(7-9-15)17-21(18,19)11-13-5-3-2-4-12(13)10-16/h2-9,17H,11H2,1H3. The van der Waals surface area contributed by atoms with Crippen molar-refractivity contribution in [2.75, 3.05) is 11.0 Å². The van der Waals surface area contributed by atoms with Crippen molar-refractivity contribution in [2.45, 2.75) is 10.6 Å². The third-order valence-corrected chi connectivity index (χ3v) is 4.83. The molecule has 2 aromatic carbocycles. The predicted molar refractivity (Wildman–Crippen MR) is 85.6 cm³/mol. The van der Waals surface area contributed by atoms with Crippen LogP contribution in [-0.4, -0.2) is 14.7 Å². The summed E-state index contributed by atoms with van der Waals surface area (Å²) in [6.07, 6.45) is 1.96. The maximum Gasteiger partial charge on any atom is 0.236 e. The first-order valence-electron chi connectivity index (χ1n) is 6.16. The molecule has 0 spiro atoms. The number of anilines is 1. The molecule has 108 valence electrons. The van der Waals surface area contributed by atoms with E-state index in [1.165, 1.54) is 0 Å². The number of rotatable bonds is 5. The van der Waals surface area contributed by atoms with Gasteiger partial charge in [0, 0.05) is 10.6 Å². The number of thioether (sulfide) groups is 1. The molecule has 0 fully saturated rings.